The highest BCUT2D eigenvalue weighted by atomic mass is 16.6. The number of ether oxygens (including phenoxy) is 1. The Morgan fingerprint density at radius 1 is 1.18 bits per heavy atom. The summed E-state index contributed by atoms with van der Waals surface area (Å²) < 4.78 is 5.34. The van der Waals surface area contributed by atoms with Crippen molar-refractivity contribution >= 4 is 6.09 Å². The summed E-state index contributed by atoms with van der Waals surface area (Å²) in [6.45, 7) is 2.89. The predicted molar refractivity (Wildman–Crippen MR) is 81.7 cm³/mol. The SMILES string of the molecule is O=C(Oc1ccnc(Cc2ccccc2)n1)N1CCNCC1. The van der Waals surface area contributed by atoms with Crippen molar-refractivity contribution in [3.05, 3.63) is 54.0 Å². The molecule has 0 unspecified atom stereocenters. The predicted octanol–water partition coefficient (Wildman–Crippen LogP) is 1.47. The lowest BCUT2D eigenvalue weighted by molar-refractivity contribution is 0.144. The van der Waals surface area contributed by atoms with Gasteiger partial charge in [-0.2, -0.15) is 4.98 Å². The van der Waals surface area contributed by atoms with Crippen LogP contribution in [-0.4, -0.2) is 47.1 Å². The molecule has 3 rings (SSSR count). The number of carbonyl (C=O) groups is 1. The average molecular weight is 298 g/mol. The third kappa shape index (κ3) is 3.79. The van der Waals surface area contributed by atoms with E-state index in [1.165, 1.54) is 0 Å². The smallest absolute Gasteiger partial charge is 0.391 e. The molecule has 0 bridgehead atoms. The van der Waals surface area contributed by atoms with Gasteiger partial charge in [-0.3, -0.25) is 0 Å². The molecule has 0 spiro atoms. The molecule has 1 aromatic heterocycles. The van der Waals surface area contributed by atoms with Crippen LogP contribution in [-0.2, 0) is 6.42 Å². The van der Waals surface area contributed by atoms with Crippen molar-refractivity contribution < 1.29 is 9.53 Å². The maximum absolute atomic E-state index is 12.1. The summed E-state index contributed by atoms with van der Waals surface area (Å²) >= 11 is 0. The van der Waals surface area contributed by atoms with Crippen molar-refractivity contribution in [2.45, 2.75) is 6.42 Å². The Hall–Kier alpha value is -2.47. The highest BCUT2D eigenvalue weighted by Crippen LogP contribution is 2.11. The molecule has 1 aliphatic rings. The molecule has 1 aromatic carbocycles. The largest absolute Gasteiger partial charge is 0.416 e. The van der Waals surface area contributed by atoms with Gasteiger partial charge < -0.3 is 15.0 Å². The molecule has 0 saturated carbocycles. The number of aromatic nitrogens is 2. The van der Waals surface area contributed by atoms with Gasteiger partial charge in [0.15, 0.2) is 0 Å². The van der Waals surface area contributed by atoms with Crippen LogP contribution in [0.1, 0.15) is 11.4 Å². The van der Waals surface area contributed by atoms with Gasteiger partial charge in [0, 0.05) is 44.9 Å². The van der Waals surface area contributed by atoms with Gasteiger partial charge >= 0.3 is 6.09 Å². The van der Waals surface area contributed by atoms with E-state index in [1.807, 2.05) is 30.3 Å². The van der Waals surface area contributed by atoms with E-state index in [1.54, 1.807) is 17.2 Å². The Kier molecular flexibility index (Phi) is 4.60. The number of piperazine rings is 1. The van der Waals surface area contributed by atoms with Gasteiger partial charge in [0.1, 0.15) is 5.82 Å². The maximum Gasteiger partial charge on any atom is 0.416 e. The molecule has 2 aromatic rings. The molecule has 1 N–H and O–H groups in total. The Morgan fingerprint density at radius 3 is 2.73 bits per heavy atom. The quantitative estimate of drug-likeness (QED) is 0.929. The van der Waals surface area contributed by atoms with Crippen molar-refractivity contribution in [2.75, 3.05) is 26.2 Å². The Balaban J connectivity index is 1.64. The Morgan fingerprint density at radius 2 is 1.95 bits per heavy atom. The zero-order chi connectivity index (χ0) is 15.2. The number of carbonyl (C=O) groups excluding carboxylic acids is 1. The molecule has 0 atom stereocenters. The fraction of sp³-hybridized carbons (Fsp3) is 0.312. The fourth-order valence-corrected chi connectivity index (χ4v) is 2.30. The van der Waals surface area contributed by atoms with Gasteiger partial charge in [0.2, 0.25) is 5.88 Å². The van der Waals surface area contributed by atoms with Crippen LogP contribution in [0.5, 0.6) is 5.88 Å². The molecule has 1 fully saturated rings. The number of nitrogens with zero attached hydrogens (tertiary/aromatic N) is 3. The van der Waals surface area contributed by atoms with Gasteiger partial charge in [-0.25, -0.2) is 9.78 Å². The lowest BCUT2D eigenvalue weighted by Gasteiger charge is -2.26. The highest BCUT2D eigenvalue weighted by Gasteiger charge is 2.18. The fourth-order valence-electron chi connectivity index (χ4n) is 2.30. The third-order valence-electron chi connectivity index (χ3n) is 3.45. The van der Waals surface area contributed by atoms with E-state index in [4.69, 9.17) is 4.74 Å². The second-order valence-electron chi connectivity index (χ2n) is 5.08. The van der Waals surface area contributed by atoms with Gasteiger partial charge in [0.05, 0.1) is 0 Å². The number of benzene rings is 1. The minimum absolute atomic E-state index is 0.296. The zero-order valence-corrected chi connectivity index (χ0v) is 12.2. The minimum Gasteiger partial charge on any atom is -0.391 e. The number of amides is 1. The molecule has 1 aliphatic heterocycles. The van der Waals surface area contributed by atoms with Gasteiger partial charge in [0.25, 0.3) is 0 Å². The summed E-state index contributed by atoms with van der Waals surface area (Å²) in [5.74, 6) is 0.932. The Labute approximate surface area is 129 Å². The van der Waals surface area contributed by atoms with Crippen LogP contribution in [0.25, 0.3) is 0 Å². The standard InChI is InChI=1S/C16H18N4O2/c21-16(20-10-8-17-9-11-20)22-15-6-7-18-14(19-15)12-13-4-2-1-3-5-13/h1-7,17H,8-12H2. The molecule has 2 heterocycles. The molecule has 6 nitrogen and oxygen atoms in total. The number of rotatable bonds is 3. The second kappa shape index (κ2) is 7.00. The summed E-state index contributed by atoms with van der Waals surface area (Å²) in [4.78, 5) is 22.3. The van der Waals surface area contributed by atoms with Crippen LogP contribution >= 0.6 is 0 Å². The van der Waals surface area contributed by atoms with Crippen LogP contribution < -0.4 is 10.1 Å². The van der Waals surface area contributed by atoms with E-state index in [0.29, 0.717) is 31.2 Å². The van der Waals surface area contributed by atoms with E-state index in [0.717, 1.165) is 18.7 Å². The summed E-state index contributed by atoms with van der Waals surface area (Å²) in [5, 5.41) is 3.19. The van der Waals surface area contributed by atoms with Crippen molar-refractivity contribution in [3.8, 4) is 5.88 Å². The van der Waals surface area contributed by atoms with Crippen LogP contribution in [0.2, 0.25) is 0 Å². The first-order chi connectivity index (χ1) is 10.8. The minimum atomic E-state index is -0.356. The van der Waals surface area contributed by atoms with Crippen molar-refractivity contribution in [1.29, 1.82) is 0 Å². The molecule has 0 aliphatic carbocycles. The molecule has 1 saturated heterocycles. The van der Waals surface area contributed by atoms with Gasteiger partial charge in [-0.1, -0.05) is 30.3 Å². The molecule has 0 radical (unpaired) electrons. The maximum atomic E-state index is 12.1. The molecule has 114 valence electrons. The first-order valence-electron chi connectivity index (χ1n) is 7.34. The van der Waals surface area contributed by atoms with Gasteiger partial charge in [-0.15, -0.1) is 0 Å². The first-order valence-corrected chi connectivity index (χ1v) is 7.34. The van der Waals surface area contributed by atoms with E-state index in [9.17, 15) is 4.79 Å². The second-order valence-corrected chi connectivity index (χ2v) is 5.08. The number of nitrogens with one attached hydrogen (secondary N) is 1. The van der Waals surface area contributed by atoms with Crippen LogP contribution in [0.15, 0.2) is 42.6 Å². The molecule has 6 heteroatoms. The third-order valence-corrected chi connectivity index (χ3v) is 3.45. The molecule has 1 amide bonds. The monoisotopic (exact) mass is 298 g/mol. The van der Waals surface area contributed by atoms with Crippen molar-refractivity contribution in [3.63, 3.8) is 0 Å². The van der Waals surface area contributed by atoms with Crippen molar-refractivity contribution in [1.82, 2.24) is 20.2 Å². The van der Waals surface area contributed by atoms with E-state index in [2.05, 4.69) is 15.3 Å². The van der Waals surface area contributed by atoms with E-state index in [-0.39, 0.29) is 6.09 Å². The molecular formula is C16H18N4O2. The summed E-state index contributed by atoms with van der Waals surface area (Å²) in [6, 6.07) is 11.6. The van der Waals surface area contributed by atoms with E-state index >= 15 is 0 Å². The Bertz CT molecular complexity index is 627. The number of hydrogen-bond donors (Lipinski definition) is 1. The van der Waals surface area contributed by atoms with Crippen molar-refractivity contribution in [2.24, 2.45) is 0 Å². The number of hydrogen-bond acceptors (Lipinski definition) is 5. The highest BCUT2D eigenvalue weighted by molar-refractivity contribution is 5.70. The molecule has 22 heavy (non-hydrogen) atoms. The average Bonchev–Trinajstić information content (AvgIpc) is 2.57. The van der Waals surface area contributed by atoms with Crippen LogP contribution in [0.3, 0.4) is 0 Å². The van der Waals surface area contributed by atoms with Gasteiger partial charge in [-0.05, 0) is 5.56 Å². The lowest BCUT2D eigenvalue weighted by atomic mass is 10.1. The first kappa shape index (κ1) is 14.5. The molecular weight excluding hydrogens is 280 g/mol. The lowest BCUT2D eigenvalue weighted by Crippen LogP contribution is -2.47. The zero-order valence-electron chi connectivity index (χ0n) is 12.2. The topological polar surface area (TPSA) is 67.3 Å². The van der Waals surface area contributed by atoms with E-state index < -0.39 is 0 Å². The summed E-state index contributed by atoms with van der Waals surface area (Å²) in [5.41, 5.74) is 1.12. The normalized spacial score (nSPS) is 14.6. The summed E-state index contributed by atoms with van der Waals surface area (Å²) in [7, 11) is 0. The van der Waals surface area contributed by atoms with Crippen LogP contribution in [0, 0.1) is 0 Å². The summed E-state index contributed by atoms with van der Waals surface area (Å²) in [6.07, 6.45) is 1.87. The van der Waals surface area contributed by atoms with Crippen LogP contribution in [0.4, 0.5) is 4.79 Å².